The number of nitro benzene ring substituents is 1. The molecule has 0 aliphatic carbocycles. The molecule has 2 aliphatic heterocycles. The number of benzene rings is 1. The molecule has 2 heterocycles. The summed E-state index contributed by atoms with van der Waals surface area (Å²) in [6.45, 7) is 8.82. The molecule has 1 aromatic rings. The van der Waals surface area contributed by atoms with Crippen molar-refractivity contribution in [2.45, 2.75) is 32.7 Å². The number of carbonyl (C=O) groups excluding carboxylic acids is 1. The SMILES string of the molecule is CC1CCN(C(=O)[C@H](C)N2CCN(c3ccccc3[N+](=O)[O-])CC2)CC1. The summed E-state index contributed by atoms with van der Waals surface area (Å²) in [5.41, 5.74) is 0.814. The molecule has 142 valence electrons. The number of para-hydroxylation sites is 2. The van der Waals surface area contributed by atoms with Crippen molar-refractivity contribution in [3.8, 4) is 0 Å². The van der Waals surface area contributed by atoms with E-state index in [9.17, 15) is 14.9 Å². The molecule has 0 aromatic heterocycles. The summed E-state index contributed by atoms with van der Waals surface area (Å²) in [4.78, 5) is 29.9. The lowest BCUT2D eigenvalue weighted by atomic mass is 9.98. The first-order chi connectivity index (χ1) is 12.5. The number of piperazine rings is 1. The van der Waals surface area contributed by atoms with Gasteiger partial charge in [-0.05, 0) is 31.7 Å². The van der Waals surface area contributed by atoms with E-state index in [-0.39, 0.29) is 22.6 Å². The van der Waals surface area contributed by atoms with E-state index in [0.717, 1.165) is 39.0 Å². The van der Waals surface area contributed by atoms with Crippen LogP contribution >= 0.6 is 0 Å². The van der Waals surface area contributed by atoms with Gasteiger partial charge in [-0.3, -0.25) is 19.8 Å². The number of hydrogen-bond acceptors (Lipinski definition) is 5. The monoisotopic (exact) mass is 360 g/mol. The topological polar surface area (TPSA) is 69.9 Å². The molecule has 7 heteroatoms. The summed E-state index contributed by atoms with van der Waals surface area (Å²) in [6, 6.07) is 6.75. The number of likely N-dealkylation sites (tertiary alicyclic amines) is 1. The maximum absolute atomic E-state index is 12.8. The number of carbonyl (C=O) groups is 1. The van der Waals surface area contributed by atoms with Crippen molar-refractivity contribution in [1.82, 2.24) is 9.80 Å². The van der Waals surface area contributed by atoms with E-state index in [1.165, 1.54) is 0 Å². The van der Waals surface area contributed by atoms with Gasteiger partial charge in [0, 0.05) is 45.3 Å². The first-order valence-corrected chi connectivity index (χ1v) is 9.48. The van der Waals surface area contributed by atoms with Gasteiger partial charge in [0.2, 0.25) is 5.91 Å². The molecule has 2 fully saturated rings. The minimum Gasteiger partial charge on any atom is -0.363 e. The highest BCUT2D eigenvalue weighted by Gasteiger charge is 2.31. The van der Waals surface area contributed by atoms with E-state index in [1.807, 2.05) is 17.9 Å². The summed E-state index contributed by atoms with van der Waals surface area (Å²) in [6.07, 6.45) is 2.17. The van der Waals surface area contributed by atoms with E-state index in [2.05, 4.69) is 16.7 Å². The number of piperidine rings is 1. The quantitative estimate of drug-likeness (QED) is 0.609. The Kier molecular flexibility index (Phi) is 5.76. The van der Waals surface area contributed by atoms with Crippen LogP contribution in [-0.2, 0) is 4.79 Å². The second kappa shape index (κ2) is 8.03. The van der Waals surface area contributed by atoms with E-state index >= 15 is 0 Å². The average molecular weight is 360 g/mol. The number of amides is 1. The normalized spacial score (nSPS) is 20.8. The molecule has 1 atom stereocenters. The molecule has 0 radical (unpaired) electrons. The van der Waals surface area contributed by atoms with Crippen molar-refractivity contribution < 1.29 is 9.72 Å². The molecule has 2 aliphatic rings. The van der Waals surface area contributed by atoms with E-state index in [4.69, 9.17) is 0 Å². The summed E-state index contributed by atoms with van der Waals surface area (Å²) in [7, 11) is 0. The van der Waals surface area contributed by atoms with Gasteiger partial charge in [-0.1, -0.05) is 19.1 Å². The molecule has 2 saturated heterocycles. The highest BCUT2D eigenvalue weighted by molar-refractivity contribution is 5.81. The van der Waals surface area contributed by atoms with Gasteiger partial charge >= 0.3 is 0 Å². The summed E-state index contributed by atoms with van der Waals surface area (Å²) < 4.78 is 0. The molecule has 3 rings (SSSR count). The first-order valence-electron chi connectivity index (χ1n) is 9.48. The van der Waals surface area contributed by atoms with Gasteiger partial charge in [-0.15, -0.1) is 0 Å². The van der Waals surface area contributed by atoms with Gasteiger partial charge in [0.15, 0.2) is 0 Å². The molecule has 1 aromatic carbocycles. The van der Waals surface area contributed by atoms with Gasteiger partial charge in [0.25, 0.3) is 5.69 Å². The Hall–Kier alpha value is -2.15. The van der Waals surface area contributed by atoms with Crippen LogP contribution in [0.25, 0.3) is 0 Å². The molecule has 0 spiro atoms. The second-order valence-electron chi connectivity index (χ2n) is 7.45. The van der Waals surface area contributed by atoms with Crippen LogP contribution in [-0.4, -0.2) is 65.9 Å². The molecule has 26 heavy (non-hydrogen) atoms. The summed E-state index contributed by atoms with van der Waals surface area (Å²) in [5.74, 6) is 0.926. The highest BCUT2D eigenvalue weighted by Crippen LogP contribution is 2.28. The largest absolute Gasteiger partial charge is 0.363 e. The lowest BCUT2D eigenvalue weighted by molar-refractivity contribution is -0.384. The average Bonchev–Trinajstić information content (AvgIpc) is 2.67. The Morgan fingerprint density at radius 3 is 2.35 bits per heavy atom. The molecule has 0 saturated carbocycles. The molecular weight excluding hydrogens is 332 g/mol. The zero-order chi connectivity index (χ0) is 18.7. The Morgan fingerprint density at radius 1 is 1.12 bits per heavy atom. The molecule has 1 amide bonds. The van der Waals surface area contributed by atoms with Gasteiger partial charge < -0.3 is 9.80 Å². The molecule has 7 nitrogen and oxygen atoms in total. The number of anilines is 1. The van der Waals surface area contributed by atoms with Crippen LogP contribution in [0.2, 0.25) is 0 Å². The first kappa shape index (κ1) is 18.6. The van der Waals surface area contributed by atoms with Crippen LogP contribution in [0.15, 0.2) is 24.3 Å². The molecule has 0 unspecified atom stereocenters. The predicted molar refractivity (Wildman–Crippen MR) is 101 cm³/mol. The number of hydrogen-bond donors (Lipinski definition) is 0. The van der Waals surface area contributed by atoms with E-state index in [1.54, 1.807) is 18.2 Å². The van der Waals surface area contributed by atoms with Crippen molar-refractivity contribution in [3.05, 3.63) is 34.4 Å². The van der Waals surface area contributed by atoms with Crippen LogP contribution in [0.3, 0.4) is 0 Å². The summed E-state index contributed by atoms with van der Waals surface area (Å²) >= 11 is 0. The van der Waals surface area contributed by atoms with Gasteiger partial charge in [-0.25, -0.2) is 0 Å². The Labute approximate surface area is 154 Å². The van der Waals surface area contributed by atoms with Crippen LogP contribution in [0.1, 0.15) is 26.7 Å². The standard InChI is InChI=1S/C19H28N4O3/c1-15-7-9-22(10-8-15)19(24)16(2)20-11-13-21(14-12-20)17-5-3-4-6-18(17)23(25)26/h3-6,15-16H,7-14H2,1-2H3/t16-/m0/s1. The predicted octanol–water partition coefficient (Wildman–Crippen LogP) is 2.36. The maximum Gasteiger partial charge on any atom is 0.292 e. The molecule has 0 N–H and O–H groups in total. The van der Waals surface area contributed by atoms with Gasteiger partial charge in [-0.2, -0.15) is 0 Å². The molecular formula is C19H28N4O3. The second-order valence-corrected chi connectivity index (χ2v) is 7.45. The van der Waals surface area contributed by atoms with E-state index in [0.29, 0.717) is 24.7 Å². The minimum absolute atomic E-state index is 0.128. The third kappa shape index (κ3) is 3.98. The lowest BCUT2D eigenvalue weighted by Gasteiger charge is -2.40. The fourth-order valence-corrected chi connectivity index (χ4v) is 3.89. The fourth-order valence-electron chi connectivity index (χ4n) is 3.89. The summed E-state index contributed by atoms with van der Waals surface area (Å²) in [5, 5.41) is 11.2. The Morgan fingerprint density at radius 2 is 1.73 bits per heavy atom. The Balaban J connectivity index is 1.58. The number of nitro groups is 1. The van der Waals surface area contributed by atoms with E-state index < -0.39 is 0 Å². The number of rotatable bonds is 4. The van der Waals surface area contributed by atoms with Crippen molar-refractivity contribution in [3.63, 3.8) is 0 Å². The van der Waals surface area contributed by atoms with Crippen molar-refractivity contribution >= 4 is 17.3 Å². The number of nitrogens with zero attached hydrogens (tertiary/aromatic N) is 4. The van der Waals surface area contributed by atoms with Gasteiger partial charge in [0.05, 0.1) is 11.0 Å². The van der Waals surface area contributed by atoms with Crippen LogP contribution < -0.4 is 4.90 Å². The minimum atomic E-state index is -0.328. The molecule has 0 bridgehead atoms. The van der Waals surface area contributed by atoms with Crippen molar-refractivity contribution in [2.24, 2.45) is 5.92 Å². The van der Waals surface area contributed by atoms with Crippen LogP contribution in [0.4, 0.5) is 11.4 Å². The van der Waals surface area contributed by atoms with Crippen LogP contribution in [0.5, 0.6) is 0 Å². The Bertz CT molecular complexity index is 650. The third-order valence-electron chi connectivity index (χ3n) is 5.73. The smallest absolute Gasteiger partial charge is 0.292 e. The van der Waals surface area contributed by atoms with Crippen molar-refractivity contribution in [2.75, 3.05) is 44.2 Å². The lowest BCUT2D eigenvalue weighted by Crippen LogP contribution is -2.55. The zero-order valence-electron chi connectivity index (χ0n) is 15.6. The van der Waals surface area contributed by atoms with Gasteiger partial charge in [0.1, 0.15) is 5.69 Å². The zero-order valence-corrected chi connectivity index (χ0v) is 15.6. The fraction of sp³-hybridized carbons (Fsp3) is 0.632. The van der Waals surface area contributed by atoms with Crippen molar-refractivity contribution in [1.29, 1.82) is 0 Å². The highest BCUT2D eigenvalue weighted by atomic mass is 16.6. The van der Waals surface area contributed by atoms with Crippen LogP contribution in [0, 0.1) is 16.0 Å². The third-order valence-corrected chi connectivity index (χ3v) is 5.73. The maximum atomic E-state index is 12.8.